The second-order valence-electron chi connectivity index (χ2n) is 3.83. The van der Waals surface area contributed by atoms with Gasteiger partial charge in [0.05, 0.1) is 33.0 Å². The average molecular weight is 284 g/mol. The minimum Gasteiger partial charge on any atom is -0.453 e. The summed E-state index contributed by atoms with van der Waals surface area (Å²) in [6, 6.07) is 5.07. The molecule has 0 spiro atoms. The number of fused-ring (bicyclic) bond motifs is 1. The summed E-state index contributed by atoms with van der Waals surface area (Å²) in [6.07, 6.45) is -0.324. The fourth-order valence-electron chi connectivity index (χ4n) is 1.61. The molecule has 1 aromatic heterocycles. The molecule has 0 aliphatic carbocycles. The van der Waals surface area contributed by atoms with Gasteiger partial charge in [-0.15, -0.1) is 0 Å². The lowest BCUT2D eigenvalue weighted by atomic mass is 10.3. The molecule has 2 N–H and O–H groups in total. The molecular formula is C12H15N3O3S. The molecule has 102 valence electrons. The number of carbonyl (C=O) groups excluding carboxylic acids is 1. The summed E-state index contributed by atoms with van der Waals surface area (Å²) in [5.41, 5.74) is 1.15. The quantitative estimate of drug-likeness (QED) is 0.902. The molecule has 2 aromatic rings. The Morgan fingerprint density at radius 2 is 2.47 bits per heavy atom. The van der Waals surface area contributed by atoms with Crippen LogP contribution in [0.1, 0.15) is 17.5 Å². The fraction of sp³-hybridized carbons (Fsp3) is 0.333. The van der Waals surface area contributed by atoms with E-state index >= 15 is 0 Å². The predicted octanol–water partition coefficient (Wildman–Crippen LogP) is 2.26. The molecule has 7 heteroatoms. The molecule has 1 amide bonds. The van der Waals surface area contributed by atoms with Gasteiger partial charge in [0.25, 0.3) is 0 Å². The molecule has 0 radical (unpaired) electrons. The topological polar surface area (TPSA) is 84.1 Å². The Morgan fingerprint density at radius 3 is 3.21 bits per heavy atom. The lowest BCUT2D eigenvalue weighted by Crippen LogP contribution is -2.11. The SMILES string of the molecule is [2H]C([2H])([2H])OC(=O)Nc1nc2ccc(S(=O)CCC)cc2[nH]1. The van der Waals surface area contributed by atoms with Crippen molar-refractivity contribution in [2.24, 2.45) is 0 Å². The van der Waals surface area contributed by atoms with Crippen LogP contribution in [-0.4, -0.2) is 33.1 Å². The minimum absolute atomic E-state index is 0.0580. The van der Waals surface area contributed by atoms with Crippen molar-refractivity contribution in [1.82, 2.24) is 9.97 Å². The molecule has 1 atom stereocenters. The van der Waals surface area contributed by atoms with Crippen LogP contribution in [0.15, 0.2) is 23.1 Å². The van der Waals surface area contributed by atoms with E-state index in [0.717, 1.165) is 6.42 Å². The van der Waals surface area contributed by atoms with Crippen molar-refractivity contribution in [2.75, 3.05) is 18.1 Å². The van der Waals surface area contributed by atoms with Crippen LogP contribution < -0.4 is 5.32 Å². The lowest BCUT2D eigenvalue weighted by molar-refractivity contribution is 0.186. The Hall–Kier alpha value is -1.89. The van der Waals surface area contributed by atoms with E-state index in [1.54, 1.807) is 18.2 Å². The molecule has 0 aliphatic rings. The summed E-state index contributed by atoms with van der Waals surface area (Å²) >= 11 is 0. The molecule has 19 heavy (non-hydrogen) atoms. The third-order valence-corrected chi connectivity index (χ3v) is 3.98. The van der Waals surface area contributed by atoms with Crippen molar-refractivity contribution in [1.29, 1.82) is 0 Å². The number of nitrogens with one attached hydrogen (secondary N) is 2. The number of ether oxygens (including phenoxy) is 1. The van der Waals surface area contributed by atoms with Gasteiger partial charge in [-0.3, -0.25) is 9.53 Å². The van der Waals surface area contributed by atoms with Gasteiger partial charge in [-0.25, -0.2) is 9.78 Å². The second kappa shape index (κ2) is 5.83. The van der Waals surface area contributed by atoms with Crippen molar-refractivity contribution < 1.29 is 17.9 Å². The molecule has 6 nitrogen and oxygen atoms in total. The molecule has 0 saturated carbocycles. The van der Waals surface area contributed by atoms with Gasteiger partial charge in [0.15, 0.2) is 0 Å². The lowest BCUT2D eigenvalue weighted by Gasteiger charge is -1.99. The summed E-state index contributed by atoms with van der Waals surface area (Å²) in [5, 5.41) is 2.20. The summed E-state index contributed by atoms with van der Waals surface area (Å²) in [6.45, 7) is 1.95. The normalized spacial score (nSPS) is 15.3. The van der Waals surface area contributed by atoms with Crippen LogP contribution in [-0.2, 0) is 15.5 Å². The molecule has 1 aromatic carbocycles. The van der Waals surface area contributed by atoms with E-state index in [2.05, 4.69) is 20.0 Å². The number of rotatable bonds is 4. The Balaban J connectivity index is 2.17. The van der Waals surface area contributed by atoms with Gasteiger partial charge < -0.3 is 9.72 Å². The fourth-order valence-corrected chi connectivity index (χ4v) is 2.69. The van der Waals surface area contributed by atoms with Crippen molar-refractivity contribution >= 4 is 33.9 Å². The van der Waals surface area contributed by atoms with Gasteiger partial charge in [-0.2, -0.15) is 0 Å². The van der Waals surface area contributed by atoms with E-state index in [1.165, 1.54) is 0 Å². The van der Waals surface area contributed by atoms with Gasteiger partial charge in [0.1, 0.15) is 0 Å². The van der Waals surface area contributed by atoms with Crippen molar-refractivity contribution in [3.63, 3.8) is 0 Å². The van der Waals surface area contributed by atoms with Crippen LogP contribution >= 0.6 is 0 Å². The van der Waals surface area contributed by atoms with Crippen molar-refractivity contribution in [3.8, 4) is 0 Å². The Labute approximate surface area is 117 Å². The van der Waals surface area contributed by atoms with Crippen LogP contribution in [0.25, 0.3) is 11.0 Å². The Kier molecular flexibility index (Phi) is 3.06. The number of anilines is 1. The predicted molar refractivity (Wildman–Crippen MR) is 73.7 cm³/mol. The molecule has 0 bridgehead atoms. The first kappa shape index (κ1) is 9.96. The average Bonchev–Trinajstić information content (AvgIpc) is 2.77. The molecule has 0 aliphatic heterocycles. The summed E-state index contributed by atoms with van der Waals surface area (Å²) < 4.78 is 36.6. The number of hydrogen-bond donors (Lipinski definition) is 2. The van der Waals surface area contributed by atoms with Gasteiger partial charge >= 0.3 is 6.09 Å². The first-order valence-electron chi connectivity index (χ1n) is 7.16. The van der Waals surface area contributed by atoms with Crippen molar-refractivity contribution in [2.45, 2.75) is 18.2 Å². The third-order valence-electron chi connectivity index (χ3n) is 2.42. The number of methoxy groups -OCH3 is 1. The highest BCUT2D eigenvalue weighted by Crippen LogP contribution is 2.18. The number of aromatic amines is 1. The molecule has 1 unspecified atom stereocenters. The first-order chi connectivity index (χ1) is 10.3. The second-order valence-corrected chi connectivity index (χ2v) is 5.40. The number of benzene rings is 1. The highest BCUT2D eigenvalue weighted by atomic mass is 32.2. The van der Waals surface area contributed by atoms with E-state index < -0.39 is 23.9 Å². The van der Waals surface area contributed by atoms with E-state index in [0.29, 0.717) is 21.7 Å². The van der Waals surface area contributed by atoms with Gasteiger partial charge in [0.2, 0.25) is 5.95 Å². The standard InChI is InChI=1S/C12H15N3O3S/c1-3-6-19(17)8-4-5-9-10(7-8)14-11(13-9)15-12(16)18-2/h4-5,7H,3,6H2,1-2H3,(H2,13,14,15,16)/i2D3. The molecule has 0 saturated heterocycles. The highest BCUT2D eigenvalue weighted by molar-refractivity contribution is 7.85. The summed E-state index contributed by atoms with van der Waals surface area (Å²) in [4.78, 5) is 18.9. The van der Waals surface area contributed by atoms with Crippen LogP contribution in [0.3, 0.4) is 0 Å². The van der Waals surface area contributed by atoms with Gasteiger partial charge in [-0.05, 0) is 24.6 Å². The Bertz CT molecular complexity index is 714. The first-order valence-corrected chi connectivity index (χ1v) is 6.98. The van der Waals surface area contributed by atoms with E-state index in [1.807, 2.05) is 6.92 Å². The van der Waals surface area contributed by atoms with Crippen LogP contribution in [0.5, 0.6) is 0 Å². The van der Waals surface area contributed by atoms with Crippen molar-refractivity contribution in [3.05, 3.63) is 18.2 Å². The smallest absolute Gasteiger partial charge is 0.413 e. The largest absolute Gasteiger partial charge is 0.453 e. The van der Waals surface area contributed by atoms with Gasteiger partial charge in [0, 0.05) is 10.6 Å². The summed E-state index contributed by atoms with van der Waals surface area (Å²) in [7, 11) is -3.91. The van der Waals surface area contributed by atoms with Crippen LogP contribution in [0, 0.1) is 0 Å². The maximum atomic E-state index is 12.0. The number of H-pyrrole nitrogens is 1. The molecule has 0 fully saturated rings. The number of imidazole rings is 1. The monoisotopic (exact) mass is 284 g/mol. The molecular weight excluding hydrogens is 266 g/mol. The molecule has 1 heterocycles. The van der Waals surface area contributed by atoms with Crippen LogP contribution in [0.2, 0.25) is 0 Å². The van der Waals surface area contributed by atoms with Gasteiger partial charge in [-0.1, -0.05) is 6.92 Å². The van der Waals surface area contributed by atoms with E-state index in [-0.39, 0.29) is 5.95 Å². The number of nitrogens with zero attached hydrogens (tertiary/aromatic N) is 1. The third kappa shape index (κ3) is 3.11. The zero-order chi connectivity index (χ0) is 16.3. The maximum absolute atomic E-state index is 12.0. The highest BCUT2D eigenvalue weighted by Gasteiger charge is 2.09. The molecule has 2 rings (SSSR count). The minimum atomic E-state index is -2.82. The van der Waals surface area contributed by atoms with E-state index in [4.69, 9.17) is 4.11 Å². The number of aromatic nitrogens is 2. The number of hydrogen-bond acceptors (Lipinski definition) is 4. The number of carbonyl (C=O) groups is 1. The zero-order valence-corrected chi connectivity index (χ0v) is 11.0. The maximum Gasteiger partial charge on any atom is 0.413 e. The summed E-state index contributed by atoms with van der Waals surface area (Å²) in [5.74, 6) is 0.623. The zero-order valence-electron chi connectivity index (χ0n) is 13.2. The van der Waals surface area contributed by atoms with Crippen LogP contribution in [0.4, 0.5) is 10.7 Å². The Morgan fingerprint density at radius 1 is 1.63 bits per heavy atom. The van der Waals surface area contributed by atoms with E-state index in [9.17, 15) is 9.00 Å². The number of amides is 1.